The first-order chi connectivity index (χ1) is 21.1. The van der Waals surface area contributed by atoms with Crippen molar-refractivity contribution in [3.8, 4) is 0 Å². The SMILES string of the molecule is CCN(CC)CCCC(C)N(C(=O)NCCCC(=O)NCCCCC(O)(P(=O)(O)O)P(=O)(O)O)c1ccnc2cc(Cl)ccc12. The van der Waals surface area contributed by atoms with Crippen molar-refractivity contribution >= 4 is 55.3 Å². The van der Waals surface area contributed by atoms with Gasteiger partial charge in [-0.25, -0.2) is 4.79 Å². The molecule has 0 saturated carbocycles. The molecular formula is C28H46ClN5O9P2. The van der Waals surface area contributed by atoms with Crippen LogP contribution in [0.25, 0.3) is 10.9 Å². The third-order valence-corrected chi connectivity index (χ3v) is 11.8. The Balaban J connectivity index is 1.94. The number of hydrogen-bond acceptors (Lipinski definition) is 7. The van der Waals surface area contributed by atoms with Crippen LogP contribution in [0.4, 0.5) is 10.5 Å². The molecule has 0 aliphatic rings. The van der Waals surface area contributed by atoms with Gasteiger partial charge >= 0.3 is 21.2 Å². The Morgan fingerprint density at radius 3 is 2.24 bits per heavy atom. The van der Waals surface area contributed by atoms with Crippen LogP contribution in [0.5, 0.6) is 0 Å². The van der Waals surface area contributed by atoms with E-state index in [1.165, 1.54) is 0 Å². The zero-order valence-electron chi connectivity index (χ0n) is 25.9. The van der Waals surface area contributed by atoms with Crippen LogP contribution in [0.2, 0.25) is 5.02 Å². The zero-order valence-corrected chi connectivity index (χ0v) is 28.5. The lowest BCUT2D eigenvalue weighted by atomic mass is 10.1. The highest BCUT2D eigenvalue weighted by Crippen LogP contribution is 2.69. The minimum Gasteiger partial charge on any atom is -0.368 e. The van der Waals surface area contributed by atoms with Gasteiger partial charge in [-0.3, -0.25) is 23.8 Å². The molecule has 0 aliphatic heterocycles. The topological polar surface area (TPSA) is 213 Å². The van der Waals surface area contributed by atoms with Gasteiger partial charge in [0.15, 0.2) is 0 Å². The Bertz CT molecular complexity index is 1350. The van der Waals surface area contributed by atoms with Crippen LogP contribution in [-0.2, 0) is 13.9 Å². The maximum absolute atomic E-state index is 13.5. The summed E-state index contributed by atoms with van der Waals surface area (Å²) in [5.41, 5.74) is 1.37. The van der Waals surface area contributed by atoms with Gasteiger partial charge in [0, 0.05) is 42.2 Å². The number of fused-ring (bicyclic) bond motifs is 1. The van der Waals surface area contributed by atoms with Crippen molar-refractivity contribution in [2.24, 2.45) is 0 Å². The molecule has 0 spiro atoms. The Labute approximate surface area is 268 Å². The molecule has 254 valence electrons. The fourth-order valence-corrected chi connectivity index (χ4v) is 7.36. The highest BCUT2D eigenvalue weighted by Gasteiger charge is 2.58. The highest BCUT2D eigenvalue weighted by molar-refractivity contribution is 7.72. The van der Waals surface area contributed by atoms with Crippen LogP contribution >= 0.6 is 26.8 Å². The zero-order chi connectivity index (χ0) is 33.8. The number of rotatable bonds is 19. The number of aromatic nitrogens is 1. The van der Waals surface area contributed by atoms with Crippen LogP contribution in [0.3, 0.4) is 0 Å². The summed E-state index contributed by atoms with van der Waals surface area (Å²) < 4.78 is 22.9. The Morgan fingerprint density at radius 2 is 1.62 bits per heavy atom. The second-order valence-electron chi connectivity index (χ2n) is 10.9. The van der Waals surface area contributed by atoms with Gasteiger partial charge in [0.25, 0.3) is 5.08 Å². The van der Waals surface area contributed by atoms with E-state index in [1.807, 2.05) is 13.0 Å². The van der Waals surface area contributed by atoms with Crippen LogP contribution < -0.4 is 15.5 Å². The number of halogens is 1. The molecule has 0 aliphatic carbocycles. The molecule has 1 unspecified atom stereocenters. The number of benzene rings is 1. The molecule has 1 atom stereocenters. The number of nitrogens with one attached hydrogen (secondary N) is 2. The lowest BCUT2D eigenvalue weighted by molar-refractivity contribution is -0.121. The molecule has 0 radical (unpaired) electrons. The van der Waals surface area contributed by atoms with Crippen molar-refractivity contribution in [3.05, 3.63) is 35.5 Å². The number of carbonyl (C=O) groups excluding carboxylic acids is 2. The van der Waals surface area contributed by atoms with E-state index in [4.69, 9.17) is 11.6 Å². The number of nitrogens with zero attached hydrogens (tertiary/aromatic N) is 3. The molecule has 45 heavy (non-hydrogen) atoms. The molecule has 1 aromatic heterocycles. The molecule has 2 rings (SSSR count). The smallest absolute Gasteiger partial charge is 0.368 e. The number of amides is 3. The van der Waals surface area contributed by atoms with Crippen molar-refractivity contribution in [1.82, 2.24) is 20.5 Å². The number of anilines is 1. The predicted molar refractivity (Wildman–Crippen MR) is 174 cm³/mol. The largest absolute Gasteiger partial charge is 0.369 e. The maximum Gasteiger partial charge on any atom is 0.369 e. The van der Waals surface area contributed by atoms with Crippen molar-refractivity contribution in [2.45, 2.75) is 76.8 Å². The van der Waals surface area contributed by atoms with Gasteiger partial charge < -0.3 is 40.2 Å². The summed E-state index contributed by atoms with van der Waals surface area (Å²) in [6.07, 6.45) is 2.87. The third-order valence-electron chi connectivity index (χ3n) is 7.64. The summed E-state index contributed by atoms with van der Waals surface area (Å²) in [5.74, 6) is -0.330. The van der Waals surface area contributed by atoms with E-state index in [2.05, 4.69) is 34.4 Å². The third kappa shape index (κ3) is 11.3. The summed E-state index contributed by atoms with van der Waals surface area (Å²) in [4.78, 5) is 71.0. The number of urea groups is 1. The van der Waals surface area contributed by atoms with E-state index in [1.54, 1.807) is 29.3 Å². The number of unbranched alkanes of at least 4 members (excludes halogenated alkanes) is 1. The predicted octanol–water partition coefficient (Wildman–Crippen LogP) is 3.98. The van der Waals surface area contributed by atoms with E-state index in [-0.39, 0.29) is 50.3 Å². The van der Waals surface area contributed by atoms with Gasteiger partial charge in [-0.2, -0.15) is 0 Å². The van der Waals surface area contributed by atoms with E-state index < -0.39 is 26.7 Å². The molecule has 7 N–H and O–H groups in total. The average Bonchev–Trinajstić information content (AvgIpc) is 2.96. The molecular weight excluding hydrogens is 648 g/mol. The van der Waals surface area contributed by atoms with E-state index in [0.29, 0.717) is 22.6 Å². The number of carbonyl (C=O) groups is 2. The van der Waals surface area contributed by atoms with Gasteiger partial charge in [0.05, 0.1) is 11.2 Å². The first-order valence-corrected chi connectivity index (χ1v) is 18.6. The molecule has 0 saturated heterocycles. The molecule has 3 amide bonds. The van der Waals surface area contributed by atoms with Crippen LogP contribution in [-0.4, -0.2) is 90.4 Å². The van der Waals surface area contributed by atoms with Gasteiger partial charge in [-0.05, 0) is 89.3 Å². The van der Waals surface area contributed by atoms with Crippen molar-refractivity contribution in [1.29, 1.82) is 0 Å². The first-order valence-electron chi connectivity index (χ1n) is 15.0. The van der Waals surface area contributed by atoms with Gasteiger partial charge in [0.1, 0.15) is 0 Å². The number of hydrogen-bond donors (Lipinski definition) is 7. The average molecular weight is 694 g/mol. The Morgan fingerprint density at radius 1 is 0.978 bits per heavy atom. The Kier molecular flexibility index (Phi) is 15.4. The van der Waals surface area contributed by atoms with Crippen LogP contribution in [0.15, 0.2) is 30.5 Å². The van der Waals surface area contributed by atoms with E-state index >= 15 is 0 Å². The quantitative estimate of drug-likeness (QED) is 0.0826. The molecule has 2 aromatic rings. The van der Waals surface area contributed by atoms with Gasteiger partial charge in [-0.1, -0.05) is 25.4 Å². The summed E-state index contributed by atoms with van der Waals surface area (Å²) in [6.45, 7) is 9.35. The van der Waals surface area contributed by atoms with Crippen molar-refractivity contribution in [3.63, 3.8) is 0 Å². The fraction of sp³-hybridized carbons (Fsp3) is 0.607. The molecule has 0 fully saturated rings. The second kappa shape index (κ2) is 17.7. The fourth-order valence-electron chi connectivity index (χ4n) is 4.94. The van der Waals surface area contributed by atoms with Crippen molar-refractivity contribution < 1.29 is 43.4 Å². The van der Waals surface area contributed by atoms with Gasteiger partial charge in [-0.15, -0.1) is 0 Å². The number of aliphatic hydroxyl groups is 1. The minimum atomic E-state index is -5.51. The standard InChI is InChI=1S/C28H46ClN5O9P2/c1-4-33(5-2)19-9-10-21(3)34(25-14-18-30-24-20-22(29)12-13-23(24)25)27(36)32-17-8-11-26(35)31-16-7-6-15-28(37,44(38,39)40)45(41,42)43/h12-14,18,20-21,37H,4-11,15-17,19H2,1-3H3,(H,31,35)(H,32,36)(H2,38,39,40)(H2,41,42,43). The summed E-state index contributed by atoms with van der Waals surface area (Å²) in [5, 5.41) is 13.3. The highest BCUT2D eigenvalue weighted by atomic mass is 35.5. The van der Waals surface area contributed by atoms with Crippen LogP contribution in [0, 0.1) is 0 Å². The lowest BCUT2D eigenvalue weighted by Gasteiger charge is -2.31. The minimum absolute atomic E-state index is 0.0709. The number of pyridine rings is 1. The molecule has 14 nitrogen and oxygen atoms in total. The van der Waals surface area contributed by atoms with Crippen LogP contribution in [0.1, 0.15) is 65.7 Å². The van der Waals surface area contributed by atoms with Crippen molar-refractivity contribution in [2.75, 3.05) is 37.6 Å². The normalized spacial score (nSPS) is 13.2. The van der Waals surface area contributed by atoms with E-state index in [9.17, 15) is 43.4 Å². The van der Waals surface area contributed by atoms with E-state index in [0.717, 1.165) is 37.9 Å². The molecule has 17 heteroatoms. The molecule has 1 aromatic carbocycles. The Hall–Kier alpha value is -2.12. The summed E-state index contributed by atoms with van der Waals surface area (Å²) >= 11 is 6.17. The maximum atomic E-state index is 13.5. The lowest BCUT2D eigenvalue weighted by Crippen LogP contribution is -2.46. The second-order valence-corrected chi connectivity index (χ2v) is 15.3. The summed E-state index contributed by atoms with van der Waals surface area (Å²) in [6, 6.07) is 6.69. The first kappa shape index (κ1) is 39.1. The molecule has 1 heterocycles. The van der Waals surface area contributed by atoms with Gasteiger partial charge in [0.2, 0.25) is 5.91 Å². The molecule has 0 bridgehead atoms. The monoisotopic (exact) mass is 693 g/mol. The summed E-state index contributed by atoms with van der Waals surface area (Å²) in [7, 11) is -11.0.